The van der Waals surface area contributed by atoms with E-state index in [1.807, 2.05) is 51.3 Å². The van der Waals surface area contributed by atoms with Crippen LogP contribution in [-0.4, -0.2) is 44.3 Å². The third-order valence-corrected chi connectivity index (χ3v) is 5.23. The molecule has 0 aliphatic carbocycles. The average molecular weight is 425 g/mol. The van der Waals surface area contributed by atoms with Crippen molar-refractivity contribution in [1.29, 1.82) is 0 Å². The smallest absolute Gasteiger partial charge is 0.252 e. The highest BCUT2D eigenvalue weighted by molar-refractivity contribution is 7.98. The van der Waals surface area contributed by atoms with E-state index in [2.05, 4.69) is 26.2 Å². The lowest BCUT2D eigenvalue weighted by molar-refractivity contribution is -0.118. The molecule has 2 amide bonds. The van der Waals surface area contributed by atoms with Gasteiger partial charge in [0, 0.05) is 11.3 Å². The van der Waals surface area contributed by atoms with Gasteiger partial charge in [0.2, 0.25) is 11.1 Å². The molecule has 2 aromatic carbocycles. The number of rotatable bonds is 7. The second-order valence-corrected chi connectivity index (χ2v) is 7.90. The molecule has 1 atom stereocenters. The maximum Gasteiger partial charge on any atom is 0.252 e. The summed E-state index contributed by atoms with van der Waals surface area (Å²) in [4.78, 5) is 25.6. The minimum Gasteiger partial charge on any atom is -0.340 e. The zero-order chi connectivity index (χ0) is 21.7. The lowest BCUT2D eigenvalue weighted by Crippen LogP contribution is -2.47. The van der Waals surface area contributed by atoms with E-state index in [1.165, 1.54) is 11.8 Å². The van der Waals surface area contributed by atoms with Gasteiger partial charge in [0.25, 0.3) is 5.91 Å². The highest BCUT2D eigenvalue weighted by Crippen LogP contribution is 2.19. The number of aryl methyl sites for hydroxylation is 1. The van der Waals surface area contributed by atoms with E-state index >= 15 is 0 Å². The number of tetrazole rings is 1. The number of hydrogen-bond donors (Lipinski definition) is 2. The molecule has 0 spiro atoms. The van der Waals surface area contributed by atoms with Crippen LogP contribution >= 0.6 is 11.8 Å². The number of nitrogens with zero attached hydrogens (tertiary/aromatic N) is 4. The van der Waals surface area contributed by atoms with Crippen LogP contribution in [0.15, 0.2) is 53.7 Å². The second kappa shape index (κ2) is 9.53. The number of thioether (sulfide) groups is 1. The molecule has 0 fully saturated rings. The number of anilines is 1. The molecule has 8 nitrogen and oxygen atoms in total. The quantitative estimate of drug-likeness (QED) is 0.565. The lowest BCUT2D eigenvalue weighted by atomic mass is 10.0. The van der Waals surface area contributed by atoms with Crippen molar-refractivity contribution in [3.63, 3.8) is 0 Å². The van der Waals surface area contributed by atoms with Crippen LogP contribution in [0.2, 0.25) is 0 Å². The van der Waals surface area contributed by atoms with Gasteiger partial charge in [-0.25, -0.2) is 0 Å². The highest BCUT2D eigenvalue weighted by Gasteiger charge is 2.25. The lowest BCUT2D eigenvalue weighted by Gasteiger charge is -2.22. The fourth-order valence-corrected chi connectivity index (χ4v) is 3.42. The zero-order valence-electron chi connectivity index (χ0n) is 17.3. The fraction of sp³-hybridized carbons (Fsp3) is 0.286. The van der Waals surface area contributed by atoms with Gasteiger partial charge >= 0.3 is 0 Å². The van der Waals surface area contributed by atoms with E-state index in [4.69, 9.17) is 0 Å². The Labute approximate surface area is 179 Å². The average Bonchev–Trinajstić information content (AvgIpc) is 3.21. The van der Waals surface area contributed by atoms with Gasteiger partial charge in [-0.2, -0.15) is 4.68 Å². The Balaban J connectivity index is 1.76. The topological polar surface area (TPSA) is 102 Å². The van der Waals surface area contributed by atoms with Crippen LogP contribution in [0.25, 0.3) is 5.69 Å². The van der Waals surface area contributed by atoms with Crippen LogP contribution in [0.1, 0.15) is 29.8 Å². The molecule has 2 N–H and O–H groups in total. The summed E-state index contributed by atoms with van der Waals surface area (Å²) in [6.07, 6.45) is 1.89. The number of nitrogens with one attached hydrogen (secondary N) is 2. The van der Waals surface area contributed by atoms with Crippen LogP contribution in [0, 0.1) is 12.8 Å². The predicted molar refractivity (Wildman–Crippen MR) is 117 cm³/mol. The third kappa shape index (κ3) is 4.85. The molecule has 3 rings (SSSR count). The van der Waals surface area contributed by atoms with Crippen LogP contribution in [0.4, 0.5) is 5.69 Å². The van der Waals surface area contributed by atoms with Crippen LogP contribution in [0.3, 0.4) is 0 Å². The normalized spacial score (nSPS) is 11.9. The summed E-state index contributed by atoms with van der Waals surface area (Å²) >= 11 is 1.42. The molecule has 0 saturated carbocycles. The Morgan fingerprint density at radius 2 is 1.87 bits per heavy atom. The molecule has 0 bridgehead atoms. The van der Waals surface area contributed by atoms with E-state index in [0.29, 0.717) is 16.4 Å². The first-order valence-electron chi connectivity index (χ1n) is 9.51. The molecule has 3 aromatic rings. The minimum atomic E-state index is -0.685. The van der Waals surface area contributed by atoms with Gasteiger partial charge in [-0.15, -0.1) is 5.10 Å². The van der Waals surface area contributed by atoms with Crippen molar-refractivity contribution < 1.29 is 9.59 Å². The third-order valence-electron chi connectivity index (χ3n) is 4.61. The van der Waals surface area contributed by atoms with Gasteiger partial charge in [0.1, 0.15) is 6.04 Å². The number of hydrogen-bond acceptors (Lipinski definition) is 6. The molecule has 1 aromatic heterocycles. The molecule has 0 radical (unpaired) electrons. The number of aromatic nitrogens is 4. The van der Waals surface area contributed by atoms with Crippen molar-refractivity contribution >= 4 is 29.3 Å². The first kappa shape index (κ1) is 21.5. The van der Waals surface area contributed by atoms with E-state index in [9.17, 15) is 9.59 Å². The van der Waals surface area contributed by atoms with Crippen molar-refractivity contribution in [2.45, 2.75) is 32.0 Å². The Kier molecular flexibility index (Phi) is 6.83. The second-order valence-electron chi connectivity index (χ2n) is 7.13. The maximum absolute atomic E-state index is 12.9. The van der Waals surface area contributed by atoms with E-state index in [-0.39, 0.29) is 17.7 Å². The number of carbonyl (C=O) groups is 2. The maximum atomic E-state index is 12.9. The number of benzene rings is 2. The Morgan fingerprint density at radius 3 is 2.57 bits per heavy atom. The molecule has 1 unspecified atom stereocenters. The summed E-state index contributed by atoms with van der Waals surface area (Å²) in [5.41, 5.74) is 2.74. The van der Waals surface area contributed by atoms with Gasteiger partial charge in [0.15, 0.2) is 0 Å². The molecular weight excluding hydrogens is 400 g/mol. The van der Waals surface area contributed by atoms with E-state index < -0.39 is 6.04 Å². The Bertz CT molecular complexity index is 1050. The summed E-state index contributed by atoms with van der Waals surface area (Å²) < 4.78 is 1.60. The van der Waals surface area contributed by atoms with Crippen molar-refractivity contribution in [1.82, 2.24) is 25.5 Å². The van der Waals surface area contributed by atoms with Gasteiger partial charge in [-0.1, -0.05) is 49.9 Å². The van der Waals surface area contributed by atoms with Crippen molar-refractivity contribution in [2.75, 3.05) is 11.6 Å². The minimum absolute atomic E-state index is 0.0937. The SMILES string of the molecule is CSc1nnnn1-c1cccc(NC(=O)C(NC(=O)c2ccccc2C)C(C)C)c1. The summed E-state index contributed by atoms with van der Waals surface area (Å²) in [5, 5.41) is 18.0. The first-order valence-corrected chi connectivity index (χ1v) is 10.7. The first-order chi connectivity index (χ1) is 14.4. The Hall–Kier alpha value is -3.20. The van der Waals surface area contributed by atoms with Crippen LogP contribution in [0.5, 0.6) is 0 Å². The van der Waals surface area contributed by atoms with Crippen LogP contribution in [-0.2, 0) is 4.79 Å². The fourth-order valence-electron chi connectivity index (χ4n) is 2.99. The summed E-state index contributed by atoms with van der Waals surface area (Å²) in [7, 11) is 0. The molecule has 9 heteroatoms. The molecule has 156 valence electrons. The van der Waals surface area contributed by atoms with Gasteiger partial charge < -0.3 is 10.6 Å². The zero-order valence-corrected chi connectivity index (χ0v) is 18.1. The summed E-state index contributed by atoms with van der Waals surface area (Å²) in [6.45, 7) is 5.65. The predicted octanol–water partition coefficient (Wildman–Crippen LogP) is 3.09. The number of carbonyl (C=O) groups excluding carboxylic acids is 2. The van der Waals surface area contributed by atoms with Crippen molar-refractivity contribution in [3.8, 4) is 5.69 Å². The van der Waals surface area contributed by atoms with Gasteiger partial charge in [0.05, 0.1) is 5.69 Å². The van der Waals surface area contributed by atoms with E-state index in [1.54, 1.807) is 28.9 Å². The van der Waals surface area contributed by atoms with E-state index in [0.717, 1.165) is 11.3 Å². The molecule has 0 aliphatic rings. The summed E-state index contributed by atoms with van der Waals surface area (Å²) in [6, 6.07) is 13.8. The van der Waals surface area contributed by atoms with Gasteiger partial charge in [-0.3, -0.25) is 9.59 Å². The number of amides is 2. The van der Waals surface area contributed by atoms with Crippen molar-refractivity contribution in [2.24, 2.45) is 5.92 Å². The van der Waals surface area contributed by atoms with Crippen LogP contribution < -0.4 is 10.6 Å². The monoisotopic (exact) mass is 424 g/mol. The molecule has 0 saturated heterocycles. The molecule has 0 aliphatic heterocycles. The molecule has 30 heavy (non-hydrogen) atoms. The molecule has 1 heterocycles. The standard InChI is InChI=1S/C21H24N6O2S/c1-13(2)18(23-19(28)17-11-6-5-8-14(17)3)20(29)22-15-9-7-10-16(12-15)27-21(30-4)24-25-26-27/h5-13,18H,1-4H3,(H,22,29)(H,23,28). The van der Waals surface area contributed by atoms with Crippen molar-refractivity contribution in [3.05, 3.63) is 59.7 Å². The molecular formula is C21H24N6O2S. The highest BCUT2D eigenvalue weighted by atomic mass is 32.2. The van der Waals surface area contributed by atoms with Gasteiger partial charge in [-0.05, 0) is 59.4 Å². The largest absolute Gasteiger partial charge is 0.340 e. The Morgan fingerprint density at radius 1 is 1.10 bits per heavy atom. The summed E-state index contributed by atoms with van der Waals surface area (Å²) in [5.74, 6) is -0.649.